The van der Waals surface area contributed by atoms with Crippen molar-refractivity contribution in [3.8, 4) is 0 Å². The minimum Gasteiger partial charge on any atom is -0.351 e. The van der Waals surface area contributed by atoms with E-state index in [-0.39, 0.29) is 24.4 Å². The lowest BCUT2D eigenvalue weighted by Gasteiger charge is -2.12. The van der Waals surface area contributed by atoms with E-state index in [0.29, 0.717) is 24.4 Å². The first-order chi connectivity index (χ1) is 9.09. The molecule has 0 saturated carbocycles. The highest BCUT2D eigenvalue weighted by Crippen LogP contribution is 2.22. The number of hydrogen-bond acceptors (Lipinski definition) is 4. The molecule has 102 valence electrons. The molecular formula is C11H12BrN3O3S. The molecule has 2 heterocycles. The van der Waals surface area contributed by atoms with E-state index in [9.17, 15) is 14.4 Å². The molecule has 8 heteroatoms. The van der Waals surface area contributed by atoms with E-state index in [1.54, 1.807) is 0 Å². The van der Waals surface area contributed by atoms with Crippen LogP contribution in [-0.4, -0.2) is 42.4 Å². The van der Waals surface area contributed by atoms with Crippen LogP contribution in [0.2, 0.25) is 0 Å². The van der Waals surface area contributed by atoms with Gasteiger partial charge in [-0.25, -0.2) is 4.79 Å². The van der Waals surface area contributed by atoms with Gasteiger partial charge in [-0.1, -0.05) is 0 Å². The first-order valence-corrected chi connectivity index (χ1v) is 7.36. The van der Waals surface area contributed by atoms with Gasteiger partial charge in [-0.2, -0.15) is 0 Å². The molecule has 1 aromatic rings. The number of urea groups is 1. The van der Waals surface area contributed by atoms with Crippen LogP contribution in [-0.2, 0) is 4.79 Å². The standard InChI is InChI=1S/C11H12BrN3O3S/c12-7-2-5-19-9(7)10(17)13-3-1-4-15-8(16)6-14-11(15)18/h2,5H,1,3-4,6H2,(H,13,17)(H,14,18). The number of halogens is 1. The SMILES string of the molecule is O=C(NCCCN1C(=O)CNC1=O)c1sccc1Br. The van der Waals surface area contributed by atoms with Gasteiger partial charge >= 0.3 is 6.03 Å². The summed E-state index contributed by atoms with van der Waals surface area (Å²) < 4.78 is 0.768. The third kappa shape index (κ3) is 3.32. The van der Waals surface area contributed by atoms with Crippen LogP contribution < -0.4 is 10.6 Å². The zero-order chi connectivity index (χ0) is 13.8. The predicted molar refractivity (Wildman–Crippen MR) is 74.1 cm³/mol. The van der Waals surface area contributed by atoms with Gasteiger partial charge in [0, 0.05) is 17.6 Å². The Kier molecular flexibility index (Phi) is 4.54. The van der Waals surface area contributed by atoms with Crippen molar-refractivity contribution in [1.82, 2.24) is 15.5 Å². The Balaban J connectivity index is 1.73. The highest BCUT2D eigenvalue weighted by Gasteiger charge is 2.27. The first-order valence-electron chi connectivity index (χ1n) is 5.69. The van der Waals surface area contributed by atoms with Crippen LogP contribution in [0.3, 0.4) is 0 Å². The maximum absolute atomic E-state index is 11.8. The fourth-order valence-electron chi connectivity index (χ4n) is 1.66. The topological polar surface area (TPSA) is 78.5 Å². The molecule has 4 amide bonds. The Bertz CT molecular complexity index is 501. The van der Waals surface area contributed by atoms with Crippen molar-refractivity contribution in [3.05, 3.63) is 20.8 Å². The molecule has 19 heavy (non-hydrogen) atoms. The molecule has 0 atom stereocenters. The van der Waals surface area contributed by atoms with Crippen molar-refractivity contribution in [2.24, 2.45) is 0 Å². The van der Waals surface area contributed by atoms with E-state index in [2.05, 4.69) is 26.6 Å². The molecule has 0 aromatic carbocycles. The summed E-state index contributed by atoms with van der Waals surface area (Å²) in [6, 6.07) is 1.45. The Labute approximate surface area is 122 Å². The lowest BCUT2D eigenvalue weighted by atomic mass is 10.3. The van der Waals surface area contributed by atoms with Gasteiger partial charge in [0.15, 0.2) is 0 Å². The molecule has 0 radical (unpaired) electrons. The predicted octanol–water partition coefficient (Wildman–Crippen LogP) is 1.18. The van der Waals surface area contributed by atoms with Crippen LogP contribution in [0.25, 0.3) is 0 Å². The summed E-state index contributed by atoms with van der Waals surface area (Å²) in [6.07, 6.45) is 0.536. The van der Waals surface area contributed by atoms with Crippen LogP contribution in [0, 0.1) is 0 Å². The number of imide groups is 1. The van der Waals surface area contributed by atoms with Crippen molar-refractivity contribution in [2.75, 3.05) is 19.6 Å². The maximum atomic E-state index is 11.8. The van der Waals surface area contributed by atoms with E-state index in [4.69, 9.17) is 0 Å². The van der Waals surface area contributed by atoms with Crippen LogP contribution in [0.15, 0.2) is 15.9 Å². The van der Waals surface area contributed by atoms with Gasteiger partial charge in [0.1, 0.15) is 4.88 Å². The van der Waals surface area contributed by atoms with Crippen molar-refractivity contribution < 1.29 is 14.4 Å². The fraction of sp³-hybridized carbons (Fsp3) is 0.364. The summed E-state index contributed by atoms with van der Waals surface area (Å²) in [5.41, 5.74) is 0. The zero-order valence-corrected chi connectivity index (χ0v) is 12.3. The fourth-order valence-corrected chi connectivity index (χ4v) is 3.12. The molecule has 1 fully saturated rings. The quantitative estimate of drug-likeness (QED) is 0.621. The maximum Gasteiger partial charge on any atom is 0.324 e. The van der Waals surface area contributed by atoms with E-state index in [1.807, 2.05) is 11.4 Å². The molecule has 0 spiro atoms. The minimum absolute atomic E-state index is 0.0628. The zero-order valence-electron chi connectivity index (χ0n) is 9.94. The van der Waals surface area contributed by atoms with Crippen LogP contribution in [0.1, 0.15) is 16.1 Å². The van der Waals surface area contributed by atoms with Crippen molar-refractivity contribution in [3.63, 3.8) is 0 Å². The molecule has 0 aliphatic carbocycles. The van der Waals surface area contributed by atoms with Crippen LogP contribution in [0.4, 0.5) is 4.79 Å². The summed E-state index contributed by atoms with van der Waals surface area (Å²) in [6.45, 7) is 0.796. The monoisotopic (exact) mass is 345 g/mol. The largest absolute Gasteiger partial charge is 0.351 e. The third-order valence-electron chi connectivity index (χ3n) is 2.60. The average Bonchev–Trinajstić information content (AvgIpc) is 2.93. The van der Waals surface area contributed by atoms with Crippen molar-refractivity contribution >= 4 is 45.1 Å². The number of carbonyl (C=O) groups is 3. The minimum atomic E-state index is -0.364. The van der Waals surface area contributed by atoms with Crippen LogP contribution >= 0.6 is 27.3 Å². The van der Waals surface area contributed by atoms with Gasteiger partial charge in [-0.3, -0.25) is 14.5 Å². The Morgan fingerprint density at radius 1 is 1.53 bits per heavy atom. The van der Waals surface area contributed by atoms with E-state index < -0.39 is 0 Å². The van der Waals surface area contributed by atoms with Gasteiger partial charge in [-0.15, -0.1) is 11.3 Å². The summed E-state index contributed by atoms with van der Waals surface area (Å²) in [4.78, 5) is 36.1. The first kappa shape index (κ1) is 14.0. The molecule has 1 aliphatic rings. The summed E-state index contributed by atoms with van der Waals surface area (Å²) in [5, 5.41) is 7.02. The number of amides is 4. The van der Waals surface area contributed by atoms with Gasteiger partial charge < -0.3 is 10.6 Å². The smallest absolute Gasteiger partial charge is 0.324 e. The third-order valence-corrected chi connectivity index (χ3v) is 4.44. The Hall–Kier alpha value is -1.41. The number of hydrogen-bond donors (Lipinski definition) is 2. The molecule has 1 aliphatic heterocycles. The second-order valence-electron chi connectivity index (χ2n) is 3.91. The summed E-state index contributed by atoms with van der Waals surface area (Å²) in [7, 11) is 0. The highest BCUT2D eigenvalue weighted by atomic mass is 79.9. The Morgan fingerprint density at radius 2 is 2.32 bits per heavy atom. The van der Waals surface area contributed by atoms with Gasteiger partial charge in [0.25, 0.3) is 5.91 Å². The van der Waals surface area contributed by atoms with Crippen LogP contribution in [0.5, 0.6) is 0 Å². The summed E-state index contributed by atoms with van der Waals surface area (Å²) >= 11 is 4.64. The molecule has 6 nitrogen and oxygen atoms in total. The van der Waals surface area contributed by atoms with Gasteiger partial charge in [0.2, 0.25) is 5.91 Å². The van der Waals surface area contributed by atoms with E-state index >= 15 is 0 Å². The second kappa shape index (κ2) is 6.16. The van der Waals surface area contributed by atoms with Crippen molar-refractivity contribution in [2.45, 2.75) is 6.42 Å². The number of nitrogens with zero attached hydrogens (tertiary/aromatic N) is 1. The molecule has 0 bridgehead atoms. The number of thiophene rings is 1. The summed E-state index contributed by atoms with van der Waals surface area (Å²) in [5.74, 6) is -0.378. The van der Waals surface area contributed by atoms with Gasteiger partial charge in [0.05, 0.1) is 6.54 Å². The number of nitrogens with one attached hydrogen (secondary N) is 2. The number of carbonyl (C=O) groups excluding carboxylic acids is 3. The second-order valence-corrected chi connectivity index (χ2v) is 5.68. The van der Waals surface area contributed by atoms with E-state index in [0.717, 1.165) is 9.37 Å². The lowest BCUT2D eigenvalue weighted by molar-refractivity contribution is -0.125. The molecular weight excluding hydrogens is 334 g/mol. The highest BCUT2D eigenvalue weighted by molar-refractivity contribution is 9.10. The lowest BCUT2D eigenvalue weighted by Crippen LogP contribution is -2.34. The average molecular weight is 346 g/mol. The molecule has 0 unspecified atom stereocenters. The molecule has 1 aromatic heterocycles. The number of rotatable bonds is 5. The molecule has 2 rings (SSSR count). The van der Waals surface area contributed by atoms with Crippen molar-refractivity contribution in [1.29, 1.82) is 0 Å². The van der Waals surface area contributed by atoms with E-state index in [1.165, 1.54) is 11.3 Å². The molecule has 2 N–H and O–H groups in total. The Morgan fingerprint density at radius 3 is 2.89 bits per heavy atom. The van der Waals surface area contributed by atoms with Gasteiger partial charge in [-0.05, 0) is 33.8 Å². The normalized spacial score (nSPS) is 14.7. The molecule has 1 saturated heterocycles.